The van der Waals surface area contributed by atoms with Gasteiger partial charge < -0.3 is 19.5 Å². The molecule has 5 nitrogen and oxygen atoms in total. The number of carbonyl (C=O) groups excluding carboxylic acids is 1. The molecule has 0 bridgehead atoms. The van der Waals surface area contributed by atoms with Crippen LogP contribution in [-0.4, -0.2) is 39.2 Å². The lowest BCUT2D eigenvalue weighted by molar-refractivity contribution is 0.0600. The Morgan fingerprint density at radius 1 is 1.10 bits per heavy atom. The van der Waals surface area contributed by atoms with Gasteiger partial charge in [-0.2, -0.15) is 0 Å². The summed E-state index contributed by atoms with van der Waals surface area (Å²) in [6, 6.07) is 16.7. The fourth-order valence-electron chi connectivity index (χ4n) is 3.84. The van der Waals surface area contributed by atoms with E-state index in [1.165, 1.54) is 7.11 Å². The number of nitrogens with zero attached hydrogens (tertiary/aromatic N) is 2. The molecule has 148 valence electrons. The maximum atomic E-state index is 12.5. The van der Waals surface area contributed by atoms with Gasteiger partial charge in [-0.15, -0.1) is 0 Å². The molecule has 0 atom stereocenters. The molecular formula is C24H25N3O2. The van der Waals surface area contributed by atoms with E-state index in [0.29, 0.717) is 12.1 Å². The minimum Gasteiger partial charge on any atom is -0.465 e. The molecule has 1 aliphatic rings. The zero-order chi connectivity index (χ0) is 20.5. The summed E-state index contributed by atoms with van der Waals surface area (Å²) in [5, 5.41) is 0. The van der Waals surface area contributed by atoms with Crippen LogP contribution in [0, 0.1) is 0 Å². The number of benzene rings is 2. The number of ether oxygens (including phenoxy) is 1. The van der Waals surface area contributed by atoms with Gasteiger partial charge in [0.15, 0.2) is 0 Å². The van der Waals surface area contributed by atoms with Gasteiger partial charge in [0.1, 0.15) is 11.4 Å². The second kappa shape index (κ2) is 7.51. The van der Waals surface area contributed by atoms with Gasteiger partial charge in [-0.05, 0) is 23.3 Å². The zero-order valence-electron chi connectivity index (χ0n) is 17.2. The lowest BCUT2D eigenvalue weighted by Gasteiger charge is -2.28. The molecule has 0 saturated carbocycles. The highest BCUT2D eigenvalue weighted by atomic mass is 16.5. The van der Waals surface area contributed by atoms with Gasteiger partial charge in [0.25, 0.3) is 0 Å². The van der Waals surface area contributed by atoms with Crippen LogP contribution in [-0.2, 0) is 11.3 Å². The highest BCUT2D eigenvalue weighted by molar-refractivity contribution is 6.01. The van der Waals surface area contributed by atoms with E-state index in [4.69, 9.17) is 4.74 Å². The van der Waals surface area contributed by atoms with Crippen LogP contribution < -0.4 is 9.80 Å². The van der Waals surface area contributed by atoms with Gasteiger partial charge in [-0.25, -0.2) is 4.79 Å². The van der Waals surface area contributed by atoms with E-state index >= 15 is 0 Å². The first-order chi connectivity index (χ1) is 14.0. The number of aromatic amines is 1. The van der Waals surface area contributed by atoms with E-state index in [1.54, 1.807) is 0 Å². The second-order valence-corrected chi connectivity index (χ2v) is 7.46. The van der Waals surface area contributed by atoms with Crippen LogP contribution in [0.15, 0.2) is 48.5 Å². The summed E-state index contributed by atoms with van der Waals surface area (Å²) in [6.07, 6.45) is 4.22. The van der Waals surface area contributed by atoms with Crippen molar-refractivity contribution in [3.8, 4) is 11.3 Å². The summed E-state index contributed by atoms with van der Waals surface area (Å²) in [5.41, 5.74) is 7.05. The predicted octanol–water partition coefficient (Wildman–Crippen LogP) is 4.65. The summed E-state index contributed by atoms with van der Waals surface area (Å²) in [6.45, 7) is 0.649. The molecule has 4 rings (SSSR count). The number of esters is 1. The molecule has 29 heavy (non-hydrogen) atoms. The summed E-state index contributed by atoms with van der Waals surface area (Å²) in [5.74, 6) is 0.455. The molecule has 0 fully saturated rings. The Morgan fingerprint density at radius 2 is 1.83 bits per heavy atom. The number of rotatable bonds is 4. The van der Waals surface area contributed by atoms with E-state index in [1.807, 2.05) is 44.2 Å². The van der Waals surface area contributed by atoms with E-state index < -0.39 is 0 Å². The normalized spacial score (nSPS) is 12.6. The highest BCUT2D eigenvalue weighted by Crippen LogP contribution is 2.43. The van der Waals surface area contributed by atoms with Crippen molar-refractivity contribution in [1.82, 2.24) is 4.98 Å². The molecule has 0 aliphatic carbocycles. The van der Waals surface area contributed by atoms with E-state index in [2.05, 4.69) is 52.4 Å². The number of anilines is 2. The van der Waals surface area contributed by atoms with Crippen molar-refractivity contribution < 1.29 is 9.53 Å². The monoisotopic (exact) mass is 387 g/mol. The van der Waals surface area contributed by atoms with Crippen LogP contribution in [0.1, 0.15) is 27.0 Å². The number of aromatic nitrogens is 1. The number of methoxy groups -OCH3 is 1. The molecule has 5 heteroatoms. The van der Waals surface area contributed by atoms with Crippen molar-refractivity contribution >= 4 is 29.6 Å². The van der Waals surface area contributed by atoms with Crippen molar-refractivity contribution in [3.63, 3.8) is 0 Å². The molecule has 0 spiro atoms. The zero-order valence-corrected chi connectivity index (χ0v) is 17.2. The molecule has 3 aromatic rings. The molecule has 1 aliphatic heterocycles. The first-order valence-corrected chi connectivity index (χ1v) is 9.58. The molecule has 0 radical (unpaired) electrons. The van der Waals surface area contributed by atoms with Crippen molar-refractivity contribution in [1.29, 1.82) is 0 Å². The number of nitrogens with one attached hydrogen (secondary N) is 1. The summed E-state index contributed by atoms with van der Waals surface area (Å²) in [7, 11) is 7.32. The van der Waals surface area contributed by atoms with Crippen LogP contribution in [0.5, 0.6) is 0 Å². The van der Waals surface area contributed by atoms with E-state index in [0.717, 1.165) is 39.5 Å². The van der Waals surface area contributed by atoms with E-state index in [9.17, 15) is 4.79 Å². The molecule has 1 aromatic heterocycles. The summed E-state index contributed by atoms with van der Waals surface area (Å²) < 4.78 is 5.07. The molecule has 2 aromatic carbocycles. The number of fused-ring (bicyclic) bond motifs is 3. The molecule has 0 saturated heterocycles. The Balaban J connectivity index is 1.82. The van der Waals surface area contributed by atoms with Crippen LogP contribution in [0.2, 0.25) is 0 Å². The number of carbonyl (C=O) groups is 1. The molecule has 2 heterocycles. The Kier molecular flexibility index (Phi) is 4.89. The SMILES string of the molecule is COC(=O)c1c(N(C)C)[nH]c2c1CN(C)c1ccc(C=Cc3ccccc3)cc1-2. The maximum Gasteiger partial charge on any atom is 0.341 e. The average Bonchev–Trinajstić information content (AvgIpc) is 3.12. The molecule has 1 N–H and O–H groups in total. The molecular weight excluding hydrogens is 362 g/mol. The van der Waals surface area contributed by atoms with Gasteiger partial charge >= 0.3 is 5.97 Å². The Labute approximate surface area is 171 Å². The van der Waals surface area contributed by atoms with Gasteiger partial charge in [0.2, 0.25) is 0 Å². The van der Waals surface area contributed by atoms with Gasteiger partial charge in [-0.3, -0.25) is 0 Å². The van der Waals surface area contributed by atoms with Crippen molar-refractivity contribution in [3.05, 3.63) is 70.8 Å². The van der Waals surface area contributed by atoms with Crippen molar-refractivity contribution in [2.24, 2.45) is 0 Å². The third-order valence-corrected chi connectivity index (χ3v) is 5.28. The first-order valence-electron chi connectivity index (χ1n) is 9.58. The fraction of sp³-hybridized carbons (Fsp3) is 0.208. The Bertz CT molecular complexity index is 1080. The minimum absolute atomic E-state index is 0.317. The van der Waals surface area contributed by atoms with Crippen molar-refractivity contribution in [2.45, 2.75) is 6.54 Å². The third kappa shape index (κ3) is 3.40. The number of H-pyrrole nitrogens is 1. The molecule has 0 unspecified atom stereocenters. The van der Waals surface area contributed by atoms with Crippen molar-refractivity contribution in [2.75, 3.05) is 38.1 Å². The Hall–Kier alpha value is -3.47. The standard InChI is InChI=1S/C24H25N3O2/c1-26(2)23-21(24(28)29-4)19-15-27(3)20-13-12-17(14-18(20)22(19)25-23)11-10-16-8-6-5-7-9-16/h5-14,25H,15H2,1-4H3. The lowest BCUT2D eigenvalue weighted by Crippen LogP contribution is -2.23. The fourth-order valence-corrected chi connectivity index (χ4v) is 3.84. The molecule has 0 amide bonds. The van der Waals surface area contributed by atoms with Crippen LogP contribution in [0.25, 0.3) is 23.4 Å². The number of hydrogen-bond donors (Lipinski definition) is 1. The topological polar surface area (TPSA) is 48.6 Å². The maximum absolute atomic E-state index is 12.5. The van der Waals surface area contributed by atoms with Crippen LogP contribution in [0.4, 0.5) is 11.5 Å². The minimum atomic E-state index is -0.317. The first kappa shape index (κ1) is 18.9. The largest absolute Gasteiger partial charge is 0.465 e. The predicted molar refractivity (Wildman–Crippen MR) is 119 cm³/mol. The highest BCUT2D eigenvalue weighted by Gasteiger charge is 2.31. The van der Waals surface area contributed by atoms with Gasteiger partial charge in [0.05, 0.1) is 12.8 Å². The van der Waals surface area contributed by atoms with E-state index in [-0.39, 0.29) is 5.97 Å². The summed E-state index contributed by atoms with van der Waals surface area (Å²) in [4.78, 5) is 20.1. The lowest BCUT2D eigenvalue weighted by atomic mass is 9.95. The van der Waals surface area contributed by atoms with Gasteiger partial charge in [-0.1, -0.05) is 48.6 Å². The quantitative estimate of drug-likeness (QED) is 0.523. The summed E-state index contributed by atoms with van der Waals surface area (Å²) >= 11 is 0. The average molecular weight is 387 g/mol. The smallest absolute Gasteiger partial charge is 0.341 e. The number of hydrogen-bond acceptors (Lipinski definition) is 4. The van der Waals surface area contributed by atoms with Gasteiger partial charge in [0, 0.05) is 44.5 Å². The Morgan fingerprint density at radius 3 is 2.52 bits per heavy atom. The second-order valence-electron chi connectivity index (χ2n) is 7.46. The van der Waals surface area contributed by atoms with Crippen LogP contribution in [0.3, 0.4) is 0 Å². The van der Waals surface area contributed by atoms with Crippen LogP contribution >= 0.6 is 0 Å². The third-order valence-electron chi connectivity index (χ3n) is 5.28.